The summed E-state index contributed by atoms with van der Waals surface area (Å²) in [5.74, 6) is -2.30. The molecule has 126 valence electrons. The third-order valence-corrected chi connectivity index (χ3v) is 3.31. The zero-order valence-electron chi connectivity index (χ0n) is 11.8. The Hall–Kier alpha value is -1.06. The predicted octanol–water partition coefficient (Wildman–Crippen LogP) is 3.47. The lowest BCUT2D eigenvalue weighted by Crippen LogP contribution is -2.19. The van der Waals surface area contributed by atoms with Crippen LogP contribution >= 0.6 is 11.9 Å². The Morgan fingerprint density at radius 3 is 2.55 bits per heavy atom. The van der Waals surface area contributed by atoms with Crippen molar-refractivity contribution in [1.82, 2.24) is 4.72 Å². The lowest BCUT2D eigenvalue weighted by atomic mass is 10.2. The summed E-state index contributed by atoms with van der Waals surface area (Å²) in [5, 5.41) is 0. The first-order valence-electron chi connectivity index (χ1n) is 6.37. The van der Waals surface area contributed by atoms with Crippen molar-refractivity contribution < 1.29 is 31.4 Å². The lowest BCUT2D eigenvalue weighted by Gasteiger charge is -2.11. The molecule has 1 rings (SSSR count). The molecular weight excluding hydrogens is 329 g/mol. The molecule has 0 radical (unpaired) electrons. The third-order valence-electron chi connectivity index (χ3n) is 2.43. The maximum atomic E-state index is 13.2. The molecule has 0 saturated carbocycles. The standard InChI is InChI=1S/C13H16F5NO2S/c1-9-11(15)6-10(14)7-12(9)21-5-4-20-3-2-19-22-8-13(16,17)18/h6-7,19H,2-5,8H2,1H3. The second-order valence-corrected chi connectivity index (χ2v) is 5.14. The van der Waals surface area contributed by atoms with Crippen molar-refractivity contribution in [3.05, 3.63) is 29.3 Å². The molecule has 0 bridgehead atoms. The van der Waals surface area contributed by atoms with Crippen LogP contribution in [0, 0.1) is 18.6 Å². The number of nitrogens with one attached hydrogen (secondary N) is 1. The Morgan fingerprint density at radius 1 is 1.14 bits per heavy atom. The van der Waals surface area contributed by atoms with Gasteiger partial charge in [-0.1, -0.05) is 11.9 Å². The van der Waals surface area contributed by atoms with Crippen molar-refractivity contribution in [3.8, 4) is 5.75 Å². The topological polar surface area (TPSA) is 30.5 Å². The summed E-state index contributed by atoms with van der Waals surface area (Å²) in [4.78, 5) is 0. The van der Waals surface area contributed by atoms with Gasteiger partial charge in [-0.25, -0.2) is 8.78 Å². The van der Waals surface area contributed by atoms with E-state index in [1.165, 1.54) is 6.92 Å². The zero-order valence-corrected chi connectivity index (χ0v) is 12.6. The molecule has 0 aliphatic carbocycles. The first kappa shape index (κ1) is 19.0. The van der Waals surface area contributed by atoms with Crippen LogP contribution in [0.15, 0.2) is 12.1 Å². The maximum Gasteiger partial charge on any atom is 0.399 e. The predicted molar refractivity (Wildman–Crippen MR) is 73.9 cm³/mol. The van der Waals surface area contributed by atoms with Crippen molar-refractivity contribution in [2.75, 3.05) is 32.1 Å². The monoisotopic (exact) mass is 345 g/mol. The van der Waals surface area contributed by atoms with Gasteiger partial charge < -0.3 is 9.47 Å². The Labute approximate surface area is 129 Å². The molecule has 1 aromatic carbocycles. The number of ether oxygens (including phenoxy) is 2. The fourth-order valence-electron chi connectivity index (χ4n) is 1.40. The van der Waals surface area contributed by atoms with Crippen LogP contribution in [0.25, 0.3) is 0 Å². The highest BCUT2D eigenvalue weighted by Crippen LogP contribution is 2.22. The summed E-state index contributed by atoms with van der Waals surface area (Å²) in [6, 6.07) is 1.84. The fourth-order valence-corrected chi connectivity index (χ4v) is 1.90. The Bertz CT molecular complexity index is 470. The van der Waals surface area contributed by atoms with Crippen LogP contribution in [0.5, 0.6) is 5.75 Å². The van der Waals surface area contributed by atoms with Gasteiger partial charge >= 0.3 is 6.18 Å². The van der Waals surface area contributed by atoms with Crippen LogP contribution in [-0.2, 0) is 4.74 Å². The lowest BCUT2D eigenvalue weighted by molar-refractivity contribution is -0.105. The van der Waals surface area contributed by atoms with Crippen LogP contribution < -0.4 is 9.46 Å². The van der Waals surface area contributed by atoms with Gasteiger partial charge in [0.1, 0.15) is 29.7 Å². The van der Waals surface area contributed by atoms with E-state index < -0.39 is 23.6 Å². The molecule has 0 aliphatic rings. The van der Waals surface area contributed by atoms with E-state index in [1.54, 1.807) is 0 Å². The molecule has 0 amide bonds. The van der Waals surface area contributed by atoms with E-state index in [4.69, 9.17) is 9.47 Å². The van der Waals surface area contributed by atoms with Crippen LogP contribution in [0.1, 0.15) is 5.56 Å². The average molecular weight is 345 g/mol. The zero-order chi connectivity index (χ0) is 16.6. The maximum absolute atomic E-state index is 13.2. The van der Waals surface area contributed by atoms with E-state index in [1.807, 2.05) is 0 Å². The third kappa shape index (κ3) is 7.81. The van der Waals surface area contributed by atoms with Gasteiger partial charge in [-0.2, -0.15) is 13.2 Å². The molecule has 1 N–H and O–H groups in total. The SMILES string of the molecule is Cc1c(F)cc(F)cc1OCCOCCNSCC(F)(F)F. The van der Waals surface area contributed by atoms with Gasteiger partial charge in [0, 0.05) is 24.2 Å². The highest BCUT2D eigenvalue weighted by atomic mass is 32.2. The van der Waals surface area contributed by atoms with E-state index in [9.17, 15) is 22.0 Å². The number of rotatable bonds is 9. The second-order valence-electron chi connectivity index (χ2n) is 4.27. The number of benzene rings is 1. The molecule has 0 aromatic heterocycles. The smallest absolute Gasteiger partial charge is 0.399 e. The van der Waals surface area contributed by atoms with Gasteiger partial charge in [0.05, 0.1) is 13.2 Å². The van der Waals surface area contributed by atoms with E-state index in [2.05, 4.69) is 4.72 Å². The minimum Gasteiger partial charge on any atom is -0.491 e. The Morgan fingerprint density at radius 2 is 1.86 bits per heavy atom. The molecular formula is C13H16F5NO2S. The number of hydrogen-bond acceptors (Lipinski definition) is 4. The summed E-state index contributed by atoms with van der Waals surface area (Å²) in [6.45, 7) is 2.15. The van der Waals surface area contributed by atoms with Gasteiger partial charge in [-0.3, -0.25) is 4.72 Å². The summed E-state index contributed by atoms with van der Waals surface area (Å²) < 4.78 is 74.5. The highest BCUT2D eigenvalue weighted by Gasteiger charge is 2.26. The van der Waals surface area contributed by atoms with Crippen molar-refractivity contribution in [2.24, 2.45) is 0 Å². The van der Waals surface area contributed by atoms with Crippen LogP contribution in [0.3, 0.4) is 0 Å². The van der Waals surface area contributed by atoms with Crippen LogP contribution in [0.2, 0.25) is 0 Å². The van der Waals surface area contributed by atoms with E-state index in [-0.39, 0.29) is 37.7 Å². The molecule has 1 aromatic rings. The molecule has 0 fully saturated rings. The first-order valence-corrected chi connectivity index (χ1v) is 7.36. The summed E-state index contributed by atoms with van der Waals surface area (Å²) in [6.07, 6.45) is -4.20. The molecule has 0 spiro atoms. The minimum absolute atomic E-state index is 0.0828. The number of halogens is 5. The van der Waals surface area contributed by atoms with Crippen molar-refractivity contribution in [2.45, 2.75) is 13.1 Å². The average Bonchev–Trinajstić information content (AvgIpc) is 2.40. The molecule has 0 saturated heterocycles. The largest absolute Gasteiger partial charge is 0.491 e. The van der Waals surface area contributed by atoms with Crippen LogP contribution in [0.4, 0.5) is 22.0 Å². The van der Waals surface area contributed by atoms with E-state index in [0.717, 1.165) is 12.1 Å². The molecule has 3 nitrogen and oxygen atoms in total. The summed E-state index contributed by atoms with van der Waals surface area (Å²) >= 11 is 0.556. The van der Waals surface area contributed by atoms with Crippen molar-refractivity contribution >= 4 is 11.9 Å². The van der Waals surface area contributed by atoms with Gasteiger partial charge in [0.25, 0.3) is 0 Å². The Balaban J connectivity index is 2.09. The number of alkyl halides is 3. The van der Waals surface area contributed by atoms with E-state index in [0.29, 0.717) is 11.9 Å². The molecule has 0 atom stereocenters. The van der Waals surface area contributed by atoms with Gasteiger partial charge in [0.2, 0.25) is 0 Å². The number of hydrogen-bond donors (Lipinski definition) is 1. The quantitative estimate of drug-likeness (QED) is 0.422. The van der Waals surface area contributed by atoms with Gasteiger partial charge in [-0.05, 0) is 6.92 Å². The molecule has 0 aliphatic heterocycles. The first-order chi connectivity index (χ1) is 10.3. The van der Waals surface area contributed by atoms with Gasteiger partial charge in [-0.15, -0.1) is 0 Å². The normalized spacial score (nSPS) is 11.7. The fraction of sp³-hybridized carbons (Fsp3) is 0.538. The molecule has 0 heterocycles. The highest BCUT2D eigenvalue weighted by molar-refractivity contribution is 7.97. The molecule has 22 heavy (non-hydrogen) atoms. The summed E-state index contributed by atoms with van der Waals surface area (Å²) in [7, 11) is 0. The van der Waals surface area contributed by atoms with Crippen LogP contribution in [-0.4, -0.2) is 38.3 Å². The van der Waals surface area contributed by atoms with Crippen molar-refractivity contribution in [3.63, 3.8) is 0 Å². The Kier molecular flexibility index (Phi) is 7.91. The van der Waals surface area contributed by atoms with Crippen molar-refractivity contribution in [1.29, 1.82) is 0 Å². The molecule has 9 heteroatoms. The summed E-state index contributed by atoms with van der Waals surface area (Å²) in [5.41, 5.74) is 0.201. The second kappa shape index (κ2) is 9.16. The minimum atomic E-state index is -4.20. The van der Waals surface area contributed by atoms with Gasteiger partial charge in [0.15, 0.2) is 0 Å². The molecule has 0 unspecified atom stereocenters. The van der Waals surface area contributed by atoms with E-state index >= 15 is 0 Å².